The number of imide groups is 1. The number of piperazine rings is 1. The third kappa shape index (κ3) is 8.41. The lowest BCUT2D eigenvalue weighted by molar-refractivity contribution is -0.136. The van der Waals surface area contributed by atoms with E-state index in [1.54, 1.807) is 4.90 Å². The molecule has 2 aromatic carbocycles. The van der Waals surface area contributed by atoms with Crippen LogP contribution < -0.4 is 16.0 Å². The van der Waals surface area contributed by atoms with Crippen molar-refractivity contribution >= 4 is 46.2 Å². The molecule has 5 aromatic rings. The highest BCUT2D eigenvalue weighted by molar-refractivity contribution is 6.14. The number of fused-ring (bicyclic) bond motifs is 3. The molecule has 1 saturated carbocycles. The molecule has 2 unspecified atom stereocenters. The number of hydrogen-bond acceptors (Lipinski definition) is 10. The van der Waals surface area contributed by atoms with Crippen molar-refractivity contribution in [1.82, 2.24) is 39.5 Å². The Morgan fingerprint density at radius 1 is 0.884 bits per heavy atom. The zero-order valence-electron chi connectivity index (χ0n) is 40.4. The number of likely N-dealkylation sites (tertiary alicyclic amines) is 2. The number of benzene rings is 2. The molecule has 8 heterocycles. The fraction of sp³-hybridized carbons (Fsp3) is 0.491. The van der Waals surface area contributed by atoms with Gasteiger partial charge in [-0.2, -0.15) is 0 Å². The summed E-state index contributed by atoms with van der Waals surface area (Å²) in [4.78, 5) is 73.1. The largest absolute Gasteiger partial charge is 0.384 e. The van der Waals surface area contributed by atoms with Crippen molar-refractivity contribution in [3.8, 4) is 11.1 Å². The number of nitrogens with one attached hydrogen (secondary N) is 1. The first-order valence-corrected chi connectivity index (χ1v) is 25.5. The normalized spacial score (nSPS) is 23.4. The Labute approximate surface area is 405 Å². The Kier molecular flexibility index (Phi) is 12.1. The number of nitrogen functional groups attached to an aromatic ring is 1. The van der Waals surface area contributed by atoms with Gasteiger partial charge in [0.2, 0.25) is 17.7 Å². The molecule has 5 aliphatic heterocycles. The van der Waals surface area contributed by atoms with Crippen molar-refractivity contribution in [3.05, 3.63) is 107 Å². The van der Waals surface area contributed by atoms with Gasteiger partial charge in [0.1, 0.15) is 17.5 Å². The van der Waals surface area contributed by atoms with E-state index >= 15 is 0 Å². The van der Waals surface area contributed by atoms with E-state index in [0.717, 1.165) is 143 Å². The van der Waals surface area contributed by atoms with Crippen molar-refractivity contribution in [2.24, 2.45) is 13.0 Å². The van der Waals surface area contributed by atoms with E-state index in [2.05, 4.69) is 104 Å². The van der Waals surface area contributed by atoms with Gasteiger partial charge in [0.15, 0.2) is 0 Å². The quantitative estimate of drug-likeness (QED) is 0.143. The predicted molar refractivity (Wildman–Crippen MR) is 267 cm³/mol. The zero-order valence-corrected chi connectivity index (χ0v) is 40.4. The maximum atomic E-state index is 13.9. The summed E-state index contributed by atoms with van der Waals surface area (Å²) >= 11 is 0. The Morgan fingerprint density at radius 2 is 1.67 bits per heavy atom. The number of nitrogens with zero attached hydrogens (tertiary/aromatic N) is 8. The number of carbonyl (C=O) groups excluding carboxylic acids is 4. The molecule has 3 N–H and O–H groups in total. The smallest absolute Gasteiger partial charge is 0.253 e. The first-order chi connectivity index (χ1) is 33.4. The van der Waals surface area contributed by atoms with E-state index in [1.807, 2.05) is 30.6 Å². The molecule has 1 spiro atoms. The van der Waals surface area contributed by atoms with E-state index < -0.39 is 11.5 Å². The van der Waals surface area contributed by atoms with E-state index in [9.17, 15) is 19.2 Å². The average molecular weight is 931 g/mol. The zero-order chi connectivity index (χ0) is 47.6. The number of pyridine rings is 2. The Morgan fingerprint density at radius 3 is 2.36 bits per heavy atom. The van der Waals surface area contributed by atoms with Crippen molar-refractivity contribution in [2.45, 2.75) is 108 Å². The molecule has 14 nitrogen and oxygen atoms in total. The average Bonchev–Trinajstić information content (AvgIpc) is 3.83. The molecule has 3 aromatic heterocycles. The van der Waals surface area contributed by atoms with Gasteiger partial charge in [-0.05, 0) is 148 Å². The molecule has 3 atom stereocenters. The molecule has 4 amide bonds. The van der Waals surface area contributed by atoms with E-state index in [0.29, 0.717) is 30.1 Å². The molecule has 360 valence electrons. The predicted octanol–water partition coefficient (Wildman–Crippen LogP) is 6.79. The van der Waals surface area contributed by atoms with Gasteiger partial charge >= 0.3 is 0 Å². The second kappa shape index (κ2) is 18.4. The van der Waals surface area contributed by atoms with Gasteiger partial charge < -0.3 is 15.2 Å². The molecule has 4 saturated heterocycles. The summed E-state index contributed by atoms with van der Waals surface area (Å²) in [6.45, 7) is 13.1. The third-order valence-corrected chi connectivity index (χ3v) is 17.0. The minimum absolute atomic E-state index is 0.0248. The molecule has 0 bridgehead atoms. The highest BCUT2D eigenvalue weighted by Crippen LogP contribution is 2.54. The van der Waals surface area contributed by atoms with Gasteiger partial charge in [-0.3, -0.25) is 44.1 Å². The first kappa shape index (κ1) is 45.5. The highest BCUT2D eigenvalue weighted by Gasteiger charge is 2.57. The van der Waals surface area contributed by atoms with Crippen molar-refractivity contribution < 1.29 is 19.2 Å². The van der Waals surface area contributed by atoms with E-state index in [-0.39, 0.29) is 36.1 Å². The van der Waals surface area contributed by atoms with Gasteiger partial charge in [0.05, 0.1) is 5.41 Å². The number of aromatic nitrogens is 3. The van der Waals surface area contributed by atoms with Crippen LogP contribution in [-0.2, 0) is 33.4 Å². The Bertz CT molecular complexity index is 2770. The van der Waals surface area contributed by atoms with Crippen LogP contribution >= 0.6 is 0 Å². The topological polar surface area (TPSA) is 153 Å². The summed E-state index contributed by atoms with van der Waals surface area (Å²) in [5, 5.41) is 3.58. The summed E-state index contributed by atoms with van der Waals surface area (Å²) < 4.78 is 2.23. The lowest BCUT2D eigenvalue weighted by Crippen LogP contribution is -2.56. The Hall–Kier alpha value is -5.96. The van der Waals surface area contributed by atoms with Gasteiger partial charge in [0, 0.05) is 112 Å². The standard InChI is InChI=1S/C55H66N10O4/c1-35-32-61(33-38-5-11-46-45(29-38)55(20-4-21-55)54(69)65(46)47-12-14-50(66)59-52(47)67)27-28-64(35)34-37-16-23-63(24-17-37)53(68)41-8-6-39(7-9-41)40-18-25-62(26-19-40)36(2)48-30-44-43(15-22-57-51(44)60(48)3)42-10-13-49(56)58-31-42/h5-11,13,15,22,29-31,35-37,40,47H,4,12,14,16-21,23-28,32-34H2,1-3H3,(H2,56,58)(H,59,66,67)/t35-,36?,47?/m0/s1. The number of hydrogen-bond donors (Lipinski definition) is 2. The number of aryl methyl sites for hydroxylation is 1. The van der Waals surface area contributed by atoms with Crippen LogP contribution in [-0.4, -0.2) is 122 Å². The van der Waals surface area contributed by atoms with Crippen molar-refractivity contribution in [2.75, 3.05) is 63.0 Å². The monoisotopic (exact) mass is 931 g/mol. The van der Waals surface area contributed by atoms with Crippen LogP contribution in [0.25, 0.3) is 22.2 Å². The first-order valence-electron chi connectivity index (χ1n) is 25.5. The van der Waals surface area contributed by atoms with Crippen molar-refractivity contribution in [1.29, 1.82) is 0 Å². The maximum Gasteiger partial charge on any atom is 0.253 e. The number of anilines is 2. The van der Waals surface area contributed by atoms with Crippen LogP contribution in [0.2, 0.25) is 0 Å². The van der Waals surface area contributed by atoms with Crippen LogP contribution in [0.4, 0.5) is 11.5 Å². The molecular weight excluding hydrogens is 865 g/mol. The van der Waals surface area contributed by atoms with Gasteiger partial charge in [-0.25, -0.2) is 9.97 Å². The Balaban J connectivity index is 0.639. The number of carbonyl (C=O) groups is 4. The highest BCUT2D eigenvalue weighted by atomic mass is 16.2. The molecule has 6 aliphatic rings. The molecule has 5 fully saturated rings. The lowest BCUT2D eigenvalue weighted by atomic mass is 9.65. The summed E-state index contributed by atoms with van der Waals surface area (Å²) in [6, 6.07) is 23.1. The minimum atomic E-state index is -0.632. The van der Waals surface area contributed by atoms with Crippen LogP contribution in [0, 0.1) is 5.92 Å². The summed E-state index contributed by atoms with van der Waals surface area (Å²) in [5.74, 6) is 1.09. The fourth-order valence-corrected chi connectivity index (χ4v) is 12.7. The van der Waals surface area contributed by atoms with Gasteiger partial charge in [-0.1, -0.05) is 30.7 Å². The SMILES string of the molecule is CC(c1cc2c(-c3ccc(N)nc3)ccnc2n1C)N1CCC(c2ccc(C(=O)N3CCC(CN4CCN(Cc5ccc6c(c5)C5(CCC5)C(=O)N6C5CCC(=O)NC5=O)C[C@@H]4C)CC3)cc2)CC1. The fourth-order valence-electron chi connectivity index (χ4n) is 12.7. The molecular formula is C55H66N10O4. The van der Waals surface area contributed by atoms with Gasteiger partial charge in [-0.15, -0.1) is 0 Å². The third-order valence-electron chi connectivity index (χ3n) is 17.0. The molecule has 69 heavy (non-hydrogen) atoms. The van der Waals surface area contributed by atoms with Crippen LogP contribution in [0.5, 0.6) is 0 Å². The number of rotatable bonds is 10. The minimum Gasteiger partial charge on any atom is -0.384 e. The number of piperidine rings is 3. The van der Waals surface area contributed by atoms with Crippen LogP contribution in [0.15, 0.2) is 79.1 Å². The van der Waals surface area contributed by atoms with E-state index in [1.165, 1.54) is 16.8 Å². The van der Waals surface area contributed by atoms with Gasteiger partial charge in [0.25, 0.3) is 5.91 Å². The summed E-state index contributed by atoms with van der Waals surface area (Å²) in [6.07, 6.45) is 11.2. The van der Waals surface area contributed by atoms with Crippen molar-refractivity contribution in [3.63, 3.8) is 0 Å². The summed E-state index contributed by atoms with van der Waals surface area (Å²) in [5.41, 5.74) is 14.9. The second-order valence-corrected chi connectivity index (χ2v) is 21.0. The lowest BCUT2D eigenvalue weighted by Gasteiger charge is -2.43. The second-order valence-electron chi connectivity index (χ2n) is 21.0. The maximum absolute atomic E-state index is 13.9. The number of nitrogens with two attached hydrogens (primary N) is 1. The van der Waals surface area contributed by atoms with Crippen LogP contribution in [0.1, 0.15) is 116 Å². The summed E-state index contributed by atoms with van der Waals surface area (Å²) in [7, 11) is 2.12. The molecule has 11 rings (SSSR count). The molecule has 1 aliphatic carbocycles. The molecule has 0 radical (unpaired) electrons. The van der Waals surface area contributed by atoms with Crippen LogP contribution in [0.3, 0.4) is 0 Å². The van der Waals surface area contributed by atoms with E-state index in [4.69, 9.17) is 10.7 Å². The number of amides is 4. The molecule has 14 heteroatoms.